The van der Waals surface area contributed by atoms with Crippen LogP contribution in [-0.2, 0) is 26.1 Å². The largest absolute Gasteiger partial charge is 0.472 e. The maximum atomic E-state index is 14.0. The first-order valence-electron chi connectivity index (χ1n) is 14.1. The normalized spacial score (nSPS) is 18.5. The van der Waals surface area contributed by atoms with Crippen LogP contribution in [0.25, 0.3) is 10.4 Å². The zero-order valence-corrected chi connectivity index (χ0v) is 26.1. The molecule has 42 heavy (non-hydrogen) atoms. The van der Waals surface area contributed by atoms with Gasteiger partial charge < -0.3 is 29.5 Å². The molecule has 0 radical (unpaired) electrons. The molecule has 1 aromatic carbocycles. The molecule has 12 heteroatoms. The molecule has 4 atom stereocenters. The van der Waals surface area contributed by atoms with Crippen LogP contribution in [0, 0.1) is 12.8 Å². The van der Waals surface area contributed by atoms with E-state index in [4.69, 9.17) is 14.2 Å². The third kappa shape index (κ3) is 7.00. The number of hydrogen-bond acceptors (Lipinski definition) is 9. The van der Waals surface area contributed by atoms with Crippen molar-refractivity contribution in [3.05, 3.63) is 52.8 Å². The summed E-state index contributed by atoms with van der Waals surface area (Å²) in [5.41, 5.74) is 5.36. The lowest BCUT2D eigenvalue weighted by Crippen LogP contribution is -2.48. The number of carbonyl (C=O) groups is 2. The van der Waals surface area contributed by atoms with E-state index in [1.54, 1.807) is 29.1 Å². The molecule has 11 nitrogen and oxygen atoms in total. The molecule has 0 saturated carbocycles. The summed E-state index contributed by atoms with van der Waals surface area (Å²) >= 11 is 1.59. The Morgan fingerprint density at radius 1 is 1.17 bits per heavy atom. The summed E-state index contributed by atoms with van der Waals surface area (Å²) in [7, 11) is 4.79. The quantitative estimate of drug-likeness (QED) is 0.303. The minimum absolute atomic E-state index is 0.0803. The number of likely N-dealkylation sites (tertiary alicyclic amines) is 1. The van der Waals surface area contributed by atoms with Gasteiger partial charge in [0.15, 0.2) is 6.29 Å². The van der Waals surface area contributed by atoms with Gasteiger partial charge in [-0.3, -0.25) is 9.59 Å². The molecule has 0 aliphatic carbocycles. The zero-order valence-electron chi connectivity index (χ0n) is 25.2. The number of ether oxygens (including phenoxy) is 3. The van der Waals surface area contributed by atoms with Gasteiger partial charge in [0, 0.05) is 40.3 Å². The predicted octanol–water partition coefficient (Wildman–Crippen LogP) is 3.43. The van der Waals surface area contributed by atoms with Crippen LogP contribution in [0.2, 0.25) is 0 Å². The molecule has 1 saturated heterocycles. The highest BCUT2D eigenvalue weighted by Gasteiger charge is 2.43. The van der Waals surface area contributed by atoms with E-state index in [1.165, 1.54) is 19.1 Å². The Bertz CT molecular complexity index is 1350. The van der Waals surface area contributed by atoms with Gasteiger partial charge in [-0.05, 0) is 30.9 Å². The molecule has 1 fully saturated rings. The highest BCUT2D eigenvalue weighted by atomic mass is 32.1. The van der Waals surface area contributed by atoms with E-state index >= 15 is 0 Å². The second kappa shape index (κ2) is 13.8. The van der Waals surface area contributed by atoms with Crippen molar-refractivity contribution in [1.82, 2.24) is 25.0 Å². The van der Waals surface area contributed by atoms with E-state index < -0.39 is 24.4 Å². The molecule has 2 amide bonds. The fraction of sp³-hybridized carbons (Fsp3) is 0.533. The molecular weight excluding hydrogens is 558 g/mol. The molecule has 1 aliphatic rings. The van der Waals surface area contributed by atoms with Crippen molar-refractivity contribution in [2.45, 2.75) is 64.5 Å². The first kappa shape index (κ1) is 31.6. The number of thiazole rings is 1. The molecule has 2 aromatic heterocycles. The van der Waals surface area contributed by atoms with E-state index in [-0.39, 0.29) is 43.3 Å². The summed E-state index contributed by atoms with van der Waals surface area (Å²) in [6.07, 6.45) is -1.17. The fourth-order valence-electron chi connectivity index (χ4n) is 5.28. The van der Waals surface area contributed by atoms with Crippen LogP contribution < -0.4 is 10.1 Å². The average Bonchev–Trinajstić information content (AvgIpc) is 3.67. The van der Waals surface area contributed by atoms with Gasteiger partial charge in [-0.25, -0.2) is 9.67 Å². The van der Waals surface area contributed by atoms with Crippen LogP contribution in [0.3, 0.4) is 0 Å². The average molecular weight is 600 g/mol. The van der Waals surface area contributed by atoms with Crippen molar-refractivity contribution in [3.8, 4) is 16.3 Å². The first-order valence-corrected chi connectivity index (χ1v) is 14.9. The summed E-state index contributed by atoms with van der Waals surface area (Å²) in [6, 6.07) is 8.67. The van der Waals surface area contributed by atoms with Gasteiger partial charge in [-0.1, -0.05) is 38.1 Å². The van der Waals surface area contributed by atoms with E-state index in [2.05, 4.69) is 15.4 Å². The number of benzene rings is 1. The molecule has 4 rings (SSSR count). The second-order valence-corrected chi connectivity index (χ2v) is 11.8. The lowest BCUT2D eigenvalue weighted by atomic mass is 9.90. The second-order valence-electron chi connectivity index (χ2n) is 11.0. The Morgan fingerprint density at radius 3 is 2.45 bits per heavy atom. The van der Waals surface area contributed by atoms with Crippen LogP contribution in [-0.4, -0.2) is 82.4 Å². The number of nitrogens with zero attached hydrogens (tertiary/aromatic N) is 4. The number of amides is 2. The number of β-amino-alcohol motifs (C(OH)–C–C–N with tert-alkyl or cyclic N) is 1. The van der Waals surface area contributed by atoms with Crippen LogP contribution in [0.5, 0.6) is 5.88 Å². The number of aryl methyl sites for hydroxylation is 2. The van der Waals surface area contributed by atoms with Gasteiger partial charge in [-0.15, -0.1) is 11.3 Å². The third-order valence-electron chi connectivity index (χ3n) is 7.64. The zero-order chi connectivity index (χ0) is 30.6. The standard InChI is InChI=1S/C30H41N5O6S/c1-17(2)27(23-13-25(34(5)33-23)41-15-26(39-6)40-7)30(38)35-14-22(36)12-24(35)29(37)32-18(3)20-8-10-21(11-9-20)28-19(4)31-16-42-28/h8-11,13,16-18,22,24,26-27,36H,12,14-15H2,1-7H3,(H,32,37)/t18-,22+,24-,27-/m0/s1. The Hall–Kier alpha value is -3.32. The van der Waals surface area contributed by atoms with Crippen molar-refractivity contribution < 1.29 is 28.9 Å². The maximum absolute atomic E-state index is 14.0. The predicted molar refractivity (Wildman–Crippen MR) is 159 cm³/mol. The molecule has 2 N–H and O–H groups in total. The topological polar surface area (TPSA) is 128 Å². The first-order chi connectivity index (χ1) is 20.0. The summed E-state index contributed by atoms with van der Waals surface area (Å²) in [5.74, 6) is -0.840. The molecule has 3 heterocycles. The lowest BCUT2D eigenvalue weighted by Gasteiger charge is -2.30. The van der Waals surface area contributed by atoms with E-state index in [0.29, 0.717) is 11.6 Å². The number of aromatic nitrogens is 3. The van der Waals surface area contributed by atoms with Gasteiger partial charge in [0.25, 0.3) is 0 Å². The van der Waals surface area contributed by atoms with E-state index in [9.17, 15) is 14.7 Å². The van der Waals surface area contributed by atoms with Crippen LogP contribution in [0.15, 0.2) is 35.8 Å². The number of aliphatic hydroxyl groups is 1. The van der Waals surface area contributed by atoms with Crippen LogP contribution in [0.4, 0.5) is 0 Å². The number of aliphatic hydroxyl groups excluding tert-OH is 1. The highest BCUT2D eigenvalue weighted by Crippen LogP contribution is 2.32. The van der Waals surface area contributed by atoms with Gasteiger partial charge in [-0.2, -0.15) is 5.10 Å². The van der Waals surface area contributed by atoms with Crippen LogP contribution in [0.1, 0.15) is 56.1 Å². The van der Waals surface area contributed by atoms with Crippen molar-refractivity contribution in [1.29, 1.82) is 0 Å². The summed E-state index contributed by atoms with van der Waals surface area (Å²) in [6.45, 7) is 7.99. The van der Waals surface area contributed by atoms with Crippen molar-refractivity contribution in [2.24, 2.45) is 13.0 Å². The number of hydrogen-bond donors (Lipinski definition) is 2. The summed E-state index contributed by atoms with van der Waals surface area (Å²) in [5, 5.41) is 18.1. The number of rotatable bonds is 12. The SMILES string of the molecule is COC(COc1cc([C@@H](C(=O)N2C[C@H](O)C[C@H]2C(=O)N[C@@H](C)c2ccc(-c3scnc3C)cc2)C(C)C)nn1C)OC. The number of carbonyl (C=O) groups excluding carboxylic acids is 2. The molecule has 0 spiro atoms. The molecule has 0 unspecified atom stereocenters. The molecule has 0 bridgehead atoms. The Morgan fingerprint density at radius 2 is 1.86 bits per heavy atom. The van der Waals surface area contributed by atoms with E-state index in [1.807, 2.05) is 57.5 Å². The van der Waals surface area contributed by atoms with Gasteiger partial charge >= 0.3 is 0 Å². The maximum Gasteiger partial charge on any atom is 0.243 e. The summed E-state index contributed by atoms with van der Waals surface area (Å²) < 4.78 is 17.7. The highest BCUT2D eigenvalue weighted by molar-refractivity contribution is 7.13. The third-order valence-corrected chi connectivity index (χ3v) is 8.62. The molecular formula is C30H41N5O6S. The van der Waals surface area contributed by atoms with Crippen molar-refractivity contribution >= 4 is 23.2 Å². The molecule has 1 aliphatic heterocycles. The van der Waals surface area contributed by atoms with Gasteiger partial charge in [0.2, 0.25) is 17.7 Å². The Balaban J connectivity index is 1.47. The van der Waals surface area contributed by atoms with Gasteiger partial charge in [0.05, 0.1) is 39.8 Å². The minimum Gasteiger partial charge on any atom is -0.472 e. The monoisotopic (exact) mass is 599 g/mol. The Kier molecular flexibility index (Phi) is 10.4. The van der Waals surface area contributed by atoms with Crippen molar-refractivity contribution in [2.75, 3.05) is 27.4 Å². The molecule has 3 aromatic rings. The van der Waals surface area contributed by atoms with Gasteiger partial charge in [0.1, 0.15) is 12.6 Å². The minimum atomic E-state index is -0.794. The summed E-state index contributed by atoms with van der Waals surface area (Å²) in [4.78, 5) is 34.4. The number of nitrogens with one attached hydrogen (secondary N) is 1. The fourth-order valence-corrected chi connectivity index (χ4v) is 6.09. The smallest absolute Gasteiger partial charge is 0.243 e. The van der Waals surface area contributed by atoms with Crippen LogP contribution >= 0.6 is 11.3 Å². The lowest BCUT2D eigenvalue weighted by molar-refractivity contribution is -0.140. The van der Waals surface area contributed by atoms with Crippen molar-refractivity contribution in [3.63, 3.8) is 0 Å². The Labute approximate surface area is 250 Å². The van der Waals surface area contributed by atoms with E-state index in [0.717, 1.165) is 21.7 Å². The molecule has 228 valence electrons. The number of methoxy groups -OCH3 is 2.